The number of nitrogen functional groups attached to an aromatic ring is 1. The molecule has 0 heterocycles. The number of nitrogens with zero attached hydrogens (tertiary/aromatic N) is 1. The highest BCUT2D eigenvalue weighted by Crippen LogP contribution is 2.29. The normalized spacial score (nSPS) is 10.8. The standard InChI is InChI=1S/C11H15FN2O2S/c1-14(2)5-6-17-8-4-3-7(12)10(13)9(8)11(15)16/h3-4H,5-6,13H2,1-2H3,(H,15,16). The highest BCUT2D eigenvalue weighted by molar-refractivity contribution is 7.99. The predicted octanol–water partition coefficient (Wildman–Crippen LogP) is 1.76. The molecule has 6 heteroatoms. The Morgan fingerprint density at radius 2 is 2.18 bits per heavy atom. The van der Waals surface area contributed by atoms with Crippen LogP contribution in [0, 0.1) is 5.82 Å². The zero-order chi connectivity index (χ0) is 13.0. The Bertz CT molecular complexity index is 424. The van der Waals surface area contributed by atoms with E-state index >= 15 is 0 Å². The number of benzene rings is 1. The number of rotatable bonds is 5. The summed E-state index contributed by atoms with van der Waals surface area (Å²) in [4.78, 5) is 13.5. The van der Waals surface area contributed by atoms with Gasteiger partial charge >= 0.3 is 5.97 Å². The topological polar surface area (TPSA) is 66.6 Å². The van der Waals surface area contributed by atoms with Gasteiger partial charge in [0.2, 0.25) is 0 Å². The summed E-state index contributed by atoms with van der Waals surface area (Å²) in [5.74, 6) is -1.17. The monoisotopic (exact) mass is 258 g/mol. The molecule has 0 saturated heterocycles. The Morgan fingerprint density at radius 1 is 1.53 bits per heavy atom. The maximum Gasteiger partial charge on any atom is 0.339 e. The van der Waals surface area contributed by atoms with E-state index in [9.17, 15) is 9.18 Å². The third-order valence-corrected chi connectivity index (χ3v) is 3.20. The second-order valence-electron chi connectivity index (χ2n) is 3.79. The first kappa shape index (κ1) is 13.8. The Kier molecular flexibility index (Phi) is 4.77. The average molecular weight is 258 g/mol. The number of carboxylic acids is 1. The lowest BCUT2D eigenvalue weighted by molar-refractivity contribution is 0.0694. The summed E-state index contributed by atoms with van der Waals surface area (Å²) in [5, 5.41) is 9.01. The number of hydrogen-bond donors (Lipinski definition) is 2. The van der Waals surface area contributed by atoms with Crippen molar-refractivity contribution in [2.24, 2.45) is 0 Å². The largest absolute Gasteiger partial charge is 0.478 e. The van der Waals surface area contributed by atoms with Crippen molar-refractivity contribution in [1.29, 1.82) is 0 Å². The van der Waals surface area contributed by atoms with E-state index in [-0.39, 0.29) is 11.3 Å². The van der Waals surface area contributed by atoms with Gasteiger partial charge in [0, 0.05) is 17.2 Å². The first-order chi connectivity index (χ1) is 7.93. The average Bonchev–Trinajstić information content (AvgIpc) is 2.22. The van der Waals surface area contributed by atoms with Crippen LogP contribution in [0.2, 0.25) is 0 Å². The zero-order valence-electron chi connectivity index (χ0n) is 9.74. The molecule has 17 heavy (non-hydrogen) atoms. The third-order valence-electron chi connectivity index (χ3n) is 2.16. The number of thioether (sulfide) groups is 1. The zero-order valence-corrected chi connectivity index (χ0v) is 10.6. The molecule has 1 rings (SSSR count). The summed E-state index contributed by atoms with van der Waals surface area (Å²) in [6, 6.07) is 2.65. The molecule has 1 aromatic rings. The molecule has 4 nitrogen and oxygen atoms in total. The fraction of sp³-hybridized carbons (Fsp3) is 0.364. The lowest BCUT2D eigenvalue weighted by Gasteiger charge is -2.11. The molecule has 3 N–H and O–H groups in total. The Hall–Kier alpha value is -1.27. The van der Waals surface area contributed by atoms with E-state index in [1.807, 2.05) is 19.0 Å². The van der Waals surface area contributed by atoms with Gasteiger partial charge in [-0.25, -0.2) is 9.18 Å². The van der Waals surface area contributed by atoms with Crippen molar-refractivity contribution in [3.8, 4) is 0 Å². The Morgan fingerprint density at radius 3 is 2.71 bits per heavy atom. The molecular weight excluding hydrogens is 243 g/mol. The van der Waals surface area contributed by atoms with Crippen LogP contribution >= 0.6 is 11.8 Å². The molecule has 0 aromatic heterocycles. The van der Waals surface area contributed by atoms with E-state index in [0.717, 1.165) is 12.3 Å². The van der Waals surface area contributed by atoms with Crippen LogP contribution in [0.3, 0.4) is 0 Å². The molecule has 0 aliphatic rings. The quantitative estimate of drug-likeness (QED) is 0.622. The molecule has 94 valence electrons. The van der Waals surface area contributed by atoms with Crippen LogP contribution < -0.4 is 5.73 Å². The van der Waals surface area contributed by atoms with Crippen molar-refractivity contribution in [3.63, 3.8) is 0 Å². The summed E-state index contributed by atoms with van der Waals surface area (Å²) in [6.45, 7) is 0.807. The molecule has 0 aliphatic heterocycles. The molecule has 0 unspecified atom stereocenters. The minimum atomic E-state index is -1.20. The SMILES string of the molecule is CN(C)CCSc1ccc(F)c(N)c1C(=O)O. The summed E-state index contributed by atoms with van der Waals surface area (Å²) >= 11 is 1.36. The van der Waals surface area contributed by atoms with Crippen LogP contribution in [0.5, 0.6) is 0 Å². The number of halogens is 1. The number of nitrogens with two attached hydrogens (primary N) is 1. The molecule has 0 saturated carbocycles. The van der Waals surface area contributed by atoms with Gasteiger partial charge in [-0.3, -0.25) is 0 Å². The first-order valence-electron chi connectivity index (χ1n) is 5.02. The summed E-state index contributed by atoms with van der Waals surface area (Å²) in [6.07, 6.45) is 0. The summed E-state index contributed by atoms with van der Waals surface area (Å²) in [5.41, 5.74) is 4.99. The number of carbonyl (C=O) groups is 1. The molecule has 0 radical (unpaired) electrons. The van der Waals surface area contributed by atoms with Crippen molar-refractivity contribution < 1.29 is 14.3 Å². The highest BCUT2D eigenvalue weighted by atomic mass is 32.2. The number of hydrogen-bond acceptors (Lipinski definition) is 4. The number of carboxylic acid groups (broad SMARTS) is 1. The second kappa shape index (κ2) is 5.88. The molecule has 1 aromatic carbocycles. The summed E-state index contributed by atoms with van der Waals surface area (Å²) in [7, 11) is 3.86. The summed E-state index contributed by atoms with van der Waals surface area (Å²) < 4.78 is 13.2. The van der Waals surface area contributed by atoms with Gasteiger partial charge in [-0.15, -0.1) is 11.8 Å². The first-order valence-corrected chi connectivity index (χ1v) is 6.01. The van der Waals surface area contributed by atoms with Crippen LogP contribution in [-0.2, 0) is 0 Å². The number of anilines is 1. The van der Waals surface area contributed by atoms with Gasteiger partial charge in [0.25, 0.3) is 0 Å². The van der Waals surface area contributed by atoms with Crippen molar-refractivity contribution in [1.82, 2.24) is 4.90 Å². The molecule has 0 spiro atoms. The molecule has 0 atom stereocenters. The van der Waals surface area contributed by atoms with Gasteiger partial charge in [0.1, 0.15) is 5.82 Å². The Labute approximate surface area is 104 Å². The molecule has 0 amide bonds. The van der Waals surface area contributed by atoms with Gasteiger partial charge in [0.15, 0.2) is 0 Å². The maximum absolute atomic E-state index is 13.2. The van der Waals surface area contributed by atoms with Crippen LogP contribution in [0.25, 0.3) is 0 Å². The van der Waals surface area contributed by atoms with Gasteiger partial charge in [-0.1, -0.05) is 0 Å². The van der Waals surface area contributed by atoms with E-state index in [1.54, 1.807) is 0 Å². The van der Waals surface area contributed by atoms with Crippen LogP contribution in [0.4, 0.5) is 10.1 Å². The van der Waals surface area contributed by atoms with Crippen molar-refractivity contribution in [3.05, 3.63) is 23.5 Å². The van der Waals surface area contributed by atoms with Gasteiger partial charge < -0.3 is 15.7 Å². The van der Waals surface area contributed by atoms with Crippen LogP contribution in [-0.4, -0.2) is 42.4 Å². The van der Waals surface area contributed by atoms with E-state index in [4.69, 9.17) is 10.8 Å². The van der Waals surface area contributed by atoms with Crippen molar-refractivity contribution in [2.45, 2.75) is 4.90 Å². The number of aromatic carboxylic acids is 1. The van der Waals surface area contributed by atoms with E-state index in [1.165, 1.54) is 23.9 Å². The van der Waals surface area contributed by atoms with E-state index in [2.05, 4.69) is 0 Å². The molecule has 0 fully saturated rings. The predicted molar refractivity (Wildman–Crippen MR) is 67.0 cm³/mol. The fourth-order valence-corrected chi connectivity index (χ4v) is 2.44. The fourth-order valence-electron chi connectivity index (χ4n) is 1.25. The minimum Gasteiger partial charge on any atom is -0.478 e. The Balaban J connectivity index is 2.91. The minimum absolute atomic E-state index is 0.145. The maximum atomic E-state index is 13.2. The van der Waals surface area contributed by atoms with Gasteiger partial charge in [-0.05, 0) is 26.2 Å². The van der Waals surface area contributed by atoms with Gasteiger partial charge in [-0.2, -0.15) is 0 Å². The van der Waals surface area contributed by atoms with Crippen LogP contribution in [0.1, 0.15) is 10.4 Å². The highest BCUT2D eigenvalue weighted by Gasteiger charge is 2.17. The van der Waals surface area contributed by atoms with Crippen LogP contribution in [0.15, 0.2) is 17.0 Å². The van der Waals surface area contributed by atoms with E-state index in [0.29, 0.717) is 4.90 Å². The lowest BCUT2D eigenvalue weighted by atomic mass is 10.2. The van der Waals surface area contributed by atoms with Gasteiger partial charge in [0.05, 0.1) is 11.3 Å². The van der Waals surface area contributed by atoms with E-state index < -0.39 is 11.8 Å². The molecule has 0 bridgehead atoms. The second-order valence-corrected chi connectivity index (χ2v) is 4.93. The third kappa shape index (κ3) is 3.61. The van der Waals surface area contributed by atoms with Crippen molar-refractivity contribution in [2.75, 3.05) is 32.1 Å². The molecular formula is C11H15FN2O2S. The van der Waals surface area contributed by atoms with Crippen molar-refractivity contribution >= 4 is 23.4 Å². The smallest absolute Gasteiger partial charge is 0.339 e. The lowest BCUT2D eigenvalue weighted by Crippen LogP contribution is -2.15. The molecule has 0 aliphatic carbocycles.